The molecule has 0 aliphatic carbocycles. The van der Waals surface area contributed by atoms with Crippen molar-refractivity contribution in [3.05, 3.63) is 83.1 Å². The van der Waals surface area contributed by atoms with Gasteiger partial charge in [-0.15, -0.1) is 0 Å². The third-order valence-corrected chi connectivity index (χ3v) is 5.97. The summed E-state index contributed by atoms with van der Waals surface area (Å²) in [7, 11) is 2.71. The summed E-state index contributed by atoms with van der Waals surface area (Å²) in [5, 5.41) is 13.9. The average Bonchev–Trinajstić information content (AvgIpc) is 3.27. The van der Waals surface area contributed by atoms with Gasteiger partial charge in [0.1, 0.15) is 5.75 Å². The zero-order valence-corrected chi connectivity index (χ0v) is 19.6. The van der Waals surface area contributed by atoms with Gasteiger partial charge in [0.05, 0.1) is 32.4 Å². The predicted octanol–water partition coefficient (Wildman–Crippen LogP) is 4.77. The van der Waals surface area contributed by atoms with Crippen LogP contribution in [-0.2, 0) is 6.42 Å². The SMILES string of the molecule is COc1cc(-c2cc(C)c(OC)c(C(=O)N[C@@H](CO)Cc3c[nH]c4ccccc34)c2)cc(F)c1F. The number of hydrogen-bond acceptors (Lipinski definition) is 4. The number of aryl methyl sites for hydroxylation is 1. The fourth-order valence-corrected chi connectivity index (χ4v) is 4.25. The van der Waals surface area contributed by atoms with E-state index in [1.807, 2.05) is 30.5 Å². The predicted molar refractivity (Wildman–Crippen MR) is 130 cm³/mol. The third-order valence-electron chi connectivity index (χ3n) is 5.97. The van der Waals surface area contributed by atoms with E-state index in [2.05, 4.69) is 10.3 Å². The van der Waals surface area contributed by atoms with Crippen molar-refractivity contribution in [1.29, 1.82) is 0 Å². The standard InChI is InChI=1S/C27H26F2N2O4/c1-15-8-16(17-11-22(28)25(29)24(12-17)34-2)10-21(26(15)35-3)27(33)31-19(14-32)9-18-13-30-23-7-5-4-6-20(18)23/h4-8,10-13,19,30,32H,9,14H2,1-3H3,(H,31,33)/t19-/m1/s1. The van der Waals surface area contributed by atoms with E-state index in [-0.39, 0.29) is 17.9 Å². The Kier molecular flexibility index (Phi) is 7.02. The van der Waals surface area contributed by atoms with E-state index in [0.717, 1.165) is 22.5 Å². The number of carbonyl (C=O) groups is 1. The van der Waals surface area contributed by atoms with Crippen LogP contribution in [0.3, 0.4) is 0 Å². The summed E-state index contributed by atoms with van der Waals surface area (Å²) in [6, 6.07) is 12.9. The number of aromatic amines is 1. The minimum absolute atomic E-state index is 0.212. The lowest BCUT2D eigenvalue weighted by Gasteiger charge is -2.19. The second kappa shape index (κ2) is 10.1. The van der Waals surface area contributed by atoms with E-state index >= 15 is 0 Å². The van der Waals surface area contributed by atoms with Crippen LogP contribution >= 0.6 is 0 Å². The van der Waals surface area contributed by atoms with Gasteiger partial charge in [-0.05, 0) is 65.9 Å². The molecule has 0 fully saturated rings. The smallest absolute Gasteiger partial charge is 0.255 e. The molecular weight excluding hydrogens is 454 g/mol. The number of aromatic nitrogens is 1. The second-order valence-electron chi connectivity index (χ2n) is 8.26. The molecule has 0 unspecified atom stereocenters. The van der Waals surface area contributed by atoms with Crippen molar-refractivity contribution in [2.45, 2.75) is 19.4 Å². The van der Waals surface area contributed by atoms with Crippen LogP contribution in [0.1, 0.15) is 21.5 Å². The summed E-state index contributed by atoms with van der Waals surface area (Å²) in [4.78, 5) is 16.5. The molecule has 0 spiro atoms. The number of halogens is 2. The van der Waals surface area contributed by atoms with Crippen LogP contribution in [0.4, 0.5) is 8.78 Å². The minimum Gasteiger partial charge on any atom is -0.496 e. The first kappa shape index (κ1) is 24.2. The van der Waals surface area contributed by atoms with E-state index in [1.165, 1.54) is 20.3 Å². The Balaban J connectivity index is 1.65. The Morgan fingerprint density at radius 3 is 2.54 bits per heavy atom. The highest BCUT2D eigenvalue weighted by molar-refractivity contribution is 5.99. The van der Waals surface area contributed by atoms with Gasteiger partial charge in [-0.2, -0.15) is 4.39 Å². The lowest BCUT2D eigenvalue weighted by Crippen LogP contribution is -2.39. The molecule has 4 rings (SSSR count). The maximum absolute atomic E-state index is 14.1. The van der Waals surface area contributed by atoms with Crippen molar-refractivity contribution < 1.29 is 28.2 Å². The monoisotopic (exact) mass is 480 g/mol. The fraction of sp³-hybridized carbons (Fsp3) is 0.222. The number of fused-ring (bicyclic) bond motifs is 1. The van der Waals surface area contributed by atoms with Crippen molar-refractivity contribution in [2.75, 3.05) is 20.8 Å². The molecule has 1 heterocycles. The highest BCUT2D eigenvalue weighted by Crippen LogP contribution is 2.34. The molecule has 3 N–H and O–H groups in total. The molecule has 1 atom stereocenters. The molecule has 0 radical (unpaired) electrons. The number of ether oxygens (including phenoxy) is 2. The zero-order chi connectivity index (χ0) is 25.1. The van der Waals surface area contributed by atoms with E-state index in [9.17, 15) is 18.7 Å². The van der Waals surface area contributed by atoms with Gasteiger partial charge in [0, 0.05) is 17.1 Å². The van der Waals surface area contributed by atoms with Crippen molar-refractivity contribution in [1.82, 2.24) is 10.3 Å². The first-order valence-electron chi connectivity index (χ1n) is 11.0. The molecule has 0 saturated carbocycles. The van der Waals surface area contributed by atoms with Crippen LogP contribution in [0, 0.1) is 18.6 Å². The number of amides is 1. The highest BCUT2D eigenvalue weighted by atomic mass is 19.2. The maximum atomic E-state index is 14.1. The van der Waals surface area contributed by atoms with Crippen molar-refractivity contribution in [2.24, 2.45) is 0 Å². The molecule has 3 aromatic carbocycles. The Morgan fingerprint density at radius 2 is 1.83 bits per heavy atom. The van der Waals surface area contributed by atoms with E-state index in [1.54, 1.807) is 19.1 Å². The Labute approximate surface area is 201 Å². The molecule has 1 aromatic heterocycles. The first-order chi connectivity index (χ1) is 16.9. The molecule has 1 amide bonds. The summed E-state index contributed by atoms with van der Waals surface area (Å²) in [6.45, 7) is 1.48. The highest BCUT2D eigenvalue weighted by Gasteiger charge is 2.22. The number of aliphatic hydroxyl groups excluding tert-OH is 1. The lowest BCUT2D eigenvalue weighted by atomic mass is 9.97. The minimum atomic E-state index is -1.08. The van der Waals surface area contributed by atoms with Gasteiger partial charge in [-0.3, -0.25) is 4.79 Å². The summed E-state index contributed by atoms with van der Waals surface area (Å²) < 4.78 is 38.5. The summed E-state index contributed by atoms with van der Waals surface area (Å²) in [5.41, 5.74) is 3.61. The van der Waals surface area contributed by atoms with Crippen LogP contribution in [-0.4, -0.2) is 42.9 Å². The number of H-pyrrole nitrogens is 1. The summed E-state index contributed by atoms with van der Waals surface area (Å²) in [6.07, 6.45) is 2.27. The molecule has 0 bridgehead atoms. The van der Waals surface area contributed by atoms with E-state index < -0.39 is 23.6 Å². The molecule has 0 aliphatic heterocycles. The third kappa shape index (κ3) is 4.83. The number of benzene rings is 3. The van der Waals surface area contributed by atoms with E-state index in [0.29, 0.717) is 28.9 Å². The van der Waals surface area contributed by atoms with Gasteiger partial charge in [-0.1, -0.05) is 18.2 Å². The quantitative estimate of drug-likeness (QED) is 0.339. The van der Waals surface area contributed by atoms with E-state index in [4.69, 9.17) is 9.47 Å². The van der Waals surface area contributed by atoms with Crippen molar-refractivity contribution >= 4 is 16.8 Å². The molecule has 4 aromatic rings. The molecule has 6 nitrogen and oxygen atoms in total. The van der Waals surface area contributed by atoms with Crippen LogP contribution < -0.4 is 14.8 Å². The number of methoxy groups -OCH3 is 2. The van der Waals surface area contributed by atoms with Gasteiger partial charge in [-0.25, -0.2) is 4.39 Å². The molecule has 8 heteroatoms. The summed E-state index contributed by atoms with van der Waals surface area (Å²) in [5.74, 6) is -2.48. The normalized spacial score (nSPS) is 11.9. The maximum Gasteiger partial charge on any atom is 0.255 e. The van der Waals surface area contributed by atoms with Gasteiger partial charge >= 0.3 is 0 Å². The van der Waals surface area contributed by atoms with Gasteiger partial charge in [0.2, 0.25) is 5.82 Å². The van der Waals surface area contributed by atoms with Crippen molar-refractivity contribution in [3.63, 3.8) is 0 Å². The number of hydrogen-bond donors (Lipinski definition) is 3. The number of nitrogens with one attached hydrogen (secondary N) is 2. The van der Waals surface area contributed by atoms with Crippen molar-refractivity contribution in [3.8, 4) is 22.6 Å². The molecule has 0 aliphatic rings. The van der Waals surface area contributed by atoms with Crippen LogP contribution in [0.5, 0.6) is 11.5 Å². The van der Waals surface area contributed by atoms with Crippen LogP contribution in [0.15, 0.2) is 54.7 Å². The second-order valence-corrected chi connectivity index (χ2v) is 8.26. The Hall–Kier alpha value is -3.91. The van der Waals surface area contributed by atoms with Gasteiger partial charge < -0.3 is 24.9 Å². The number of rotatable bonds is 8. The van der Waals surface area contributed by atoms with Crippen LogP contribution in [0.2, 0.25) is 0 Å². The topological polar surface area (TPSA) is 83.6 Å². The molecular formula is C27H26F2N2O4. The van der Waals surface area contributed by atoms with Gasteiger partial charge in [0.25, 0.3) is 5.91 Å². The Morgan fingerprint density at radius 1 is 1.09 bits per heavy atom. The zero-order valence-electron chi connectivity index (χ0n) is 19.6. The van der Waals surface area contributed by atoms with Gasteiger partial charge in [0.15, 0.2) is 11.6 Å². The number of para-hydroxylation sites is 1. The molecule has 182 valence electrons. The average molecular weight is 481 g/mol. The fourth-order valence-electron chi connectivity index (χ4n) is 4.25. The molecule has 0 saturated heterocycles. The molecule has 35 heavy (non-hydrogen) atoms. The van der Waals surface area contributed by atoms with Crippen LogP contribution in [0.25, 0.3) is 22.0 Å². The largest absolute Gasteiger partial charge is 0.496 e. The Bertz CT molecular complexity index is 1380. The summed E-state index contributed by atoms with van der Waals surface area (Å²) >= 11 is 0. The number of carbonyl (C=O) groups excluding carboxylic acids is 1. The number of aliphatic hydroxyl groups is 1. The first-order valence-corrected chi connectivity index (χ1v) is 11.0. The lowest BCUT2D eigenvalue weighted by molar-refractivity contribution is 0.0913.